The molecule has 396 valence electrons. The molecular weight excluding hydrogens is 943 g/mol. The number of carbonyl (C=O) groups excluding carboxylic acids is 13. The van der Waals surface area contributed by atoms with Gasteiger partial charge in [0.2, 0.25) is 70.9 Å². The summed E-state index contributed by atoms with van der Waals surface area (Å²) in [5, 5.41) is 21.3. The minimum atomic E-state index is -2.16. The van der Waals surface area contributed by atoms with Gasteiger partial charge in [-0.1, -0.05) is 30.3 Å². The second-order valence-corrected chi connectivity index (χ2v) is 18.3. The Morgan fingerprint density at radius 1 is 0.625 bits per heavy atom. The van der Waals surface area contributed by atoms with Gasteiger partial charge in [0.25, 0.3) is 0 Å². The van der Waals surface area contributed by atoms with Crippen molar-refractivity contribution in [2.45, 2.75) is 103 Å². The highest BCUT2D eigenvalue weighted by Crippen LogP contribution is 2.26. The van der Waals surface area contributed by atoms with Gasteiger partial charge in [0.05, 0.1) is 39.3 Å². The number of piperidine rings is 1. The SMILES string of the molecule is CC(NC(=O)C(Cc1ccccc1)NC(=O)N1C(=O)CCNC(=O)CNC(=O)CNC(=O)CNC(=O)CNC(=O)CNC(=O)CNC(=O)C(C)N(C)C(=O)C(C)(C)N(C)C(=O)C1(C)C)C(=O)N1CCCCC1. The van der Waals surface area contributed by atoms with Crippen LogP contribution in [0.4, 0.5) is 4.79 Å². The number of imide groups is 1. The molecule has 0 radical (unpaired) electrons. The molecule has 26 heteroatoms. The molecule has 2 heterocycles. The average Bonchev–Trinajstić information content (AvgIpc) is 3.35. The predicted octanol–water partition coefficient (Wildman–Crippen LogP) is -4.27. The Hall–Kier alpha value is -7.67. The molecule has 2 aliphatic rings. The zero-order chi connectivity index (χ0) is 53.9. The maximum Gasteiger partial charge on any atom is 0.325 e. The van der Waals surface area contributed by atoms with Crippen molar-refractivity contribution >= 4 is 76.9 Å². The summed E-state index contributed by atoms with van der Waals surface area (Å²) in [6, 6.07) is 3.67. The van der Waals surface area contributed by atoms with Gasteiger partial charge in [-0.15, -0.1) is 0 Å². The van der Waals surface area contributed by atoms with Crippen LogP contribution in [0.1, 0.15) is 72.8 Å². The first-order valence-electron chi connectivity index (χ1n) is 23.5. The summed E-state index contributed by atoms with van der Waals surface area (Å²) in [6.45, 7) is 5.05. The Morgan fingerprint density at radius 3 is 1.57 bits per heavy atom. The van der Waals surface area contributed by atoms with E-state index in [1.807, 2.05) is 0 Å². The van der Waals surface area contributed by atoms with Gasteiger partial charge in [0.15, 0.2) is 0 Å². The lowest BCUT2D eigenvalue weighted by Gasteiger charge is -2.44. The first-order valence-corrected chi connectivity index (χ1v) is 23.5. The number of benzene rings is 1. The minimum absolute atomic E-state index is 0.122. The van der Waals surface area contributed by atoms with Gasteiger partial charge < -0.3 is 62.6 Å². The lowest BCUT2D eigenvalue weighted by molar-refractivity contribution is -0.159. The monoisotopic (exact) mass is 1010 g/mol. The van der Waals surface area contributed by atoms with E-state index in [0.29, 0.717) is 23.6 Å². The summed E-state index contributed by atoms with van der Waals surface area (Å²) in [7, 11) is 2.52. The van der Waals surface area contributed by atoms with E-state index in [1.54, 1.807) is 35.2 Å². The number of amides is 14. The Labute approximate surface area is 417 Å². The van der Waals surface area contributed by atoms with Crippen LogP contribution in [-0.2, 0) is 64.0 Å². The smallest absolute Gasteiger partial charge is 0.325 e. The molecule has 3 atom stereocenters. The number of urea groups is 1. The number of hydrogen-bond donors (Lipinski definition) is 9. The first-order chi connectivity index (χ1) is 33.8. The van der Waals surface area contributed by atoms with E-state index in [1.165, 1.54) is 55.6 Å². The van der Waals surface area contributed by atoms with Crippen LogP contribution in [0, 0.1) is 0 Å². The Bertz CT molecular complexity index is 2220. The number of rotatable bonds is 6. The van der Waals surface area contributed by atoms with E-state index in [0.717, 1.165) is 29.1 Å². The van der Waals surface area contributed by atoms with Gasteiger partial charge in [-0.25, -0.2) is 9.69 Å². The summed E-state index contributed by atoms with van der Waals surface area (Å²) >= 11 is 0. The van der Waals surface area contributed by atoms with Crippen LogP contribution in [0.5, 0.6) is 0 Å². The molecular formula is C46H69N13O13. The molecule has 0 aromatic heterocycles. The number of likely N-dealkylation sites (N-methyl/N-ethyl adjacent to an activating group) is 2. The highest BCUT2D eigenvalue weighted by molar-refractivity contribution is 6.05. The maximum absolute atomic E-state index is 14.7. The summed E-state index contributed by atoms with van der Waals surface area (Å²) in [6.07, 6.45) is 1.84. The molecule has 3 unspecified atom stereocenters. The fourth-order valence-corrected chi connectivity index (χ4v) is 7.41. The zero-order valence-corrected chi connectivity index (χ0v) is 42.1. The topological polar surface area (TPSA) is 343 Å². The van der Waals surface area contributed by atoms with Crippen molar-refractivity contribution in [1.82, 2.24) is 67.5 Å². The highest BCUT2D eigenvalue weighted by atomic mass is 16.2. The molecule has 2 fully saturated rings. The van der Waals surface area contributed by atoms with Crippen molar-refractivity contribution < 1.29 is 62.3 Å². The standard InChI is InChI=1S/C46H69N13O13/c1-28(41(69)58-19-13-10-14-20-58)54-40(68)31(21-30-15-11-9-12-16-30)55-44(72)59-38(66)17-18-47-32(60)22-48-33(61)23-49-34(62)24-50-35(63)25-51-36(64)26-52-37(65)27-53-39(67)29(2)56(7)42(70)45(3,4)57(8)43(71)46(59,5)6/h9,11-12,15-16,28-29,31H,10,13-14,17-27H2,1-8H3,(H,47,60)(H,48,61)(H,49,62)(H,50,63)(H,51,64)(H,52,65)(H,53,67)(H,54,68)(H,55,72). The lowest BCUT2D eigenvalue weighted by Crippen LogP contribution is -2.67. The Morgan fingerprint density at radius 2 is 1.08 bits per heavy atom. The van der Waals surface area contributed by atoms with E-state index in [9.17, 15) is 62.3 Å². The van der Waals surface area contributed by atoms with E-state index in [-0.39, 0.29) is 12.3 Å². The molecule has 3 rings (SSSR count). The molecule has 0 aliphatic carbocycles. The largest absolute Gasteiger partial charge is 0.354 e. The number of nitrogens with one attached hydrogen (secondary N) is 9. The van der Waals surface area contributed by atoms with E-state index >= 15 is 0 Å². The van der Waals surface area contributed by atoms with Crippen LogP contribution < -0.4 is 47.9 Å². The van der Waals surface area contributed by atoms with Crippen LogP contribution in [-0.4, -0.2) is 199 Å². The third-order valence-corrected chi connectivity index (χ3v) is 12.1. The van der Waals surface area contributed by atoms with Crippen molar-refractivity contribution in [3.8, 4) is 0 Å². The molecule has 72 heavy (non-hydrogen) atoms. The summed E-state index contributed by atoms with van der Waals surface area (Å²) < 4.78 is 0. The average molecular weight is 1010 g/mol. The zero-order valence-electron chi connectivity index (χ0n) is 42.1. The van der Waals surface area contributed by atoms with Crippen LogP contribution in [0.2, 0.25) is 0 Å². The highest BCUT2D eigenvalue weighted by Gasteiger charge is 2.49. The van der Waals surface area contributed by atoms with E-state index in [4.69, 9.17) is 0 Å². The Balaban J connectivity index is 1.97. The molecule has 1 aromatic rings. The molecule has 26 nitrogen and oxygen atoms in total. The third kappa shape index (κ3) is 17.3. The van der Waals surface area contributed by atoms with Gasteiger partial charge in [0, 0.05) is 46.6 Å². The second-order valence-electron chi connectivity index (χ2n) is 18.3. The summed E-state index contributed by atoms with van der Waals surface area (Å²) in [5.41, 5.74) is -3.36. The quantitative estimate of drug-likeness (QED) is 0.131. The molecule has 9 N–H and O–H groups in total. The number of carbonyl (C=O) groups is 13. The number of nitrogens with zero attached hydrogens (tertiary/aromatic N) is 4. The molecule has 0 spiro atoms. The molecule has 1 aromatic carbocycles. The van der Waals surface area contributed by atoms with Gasteiger partial charge >= 0.3 is 6.03 Å². The number of hydrogen-bond acceptors (Lipinski definition) is 13. The predicted molar refractivity (Wildman–Crippen MR) is 256 cm³/mol. The maximum atomic E-state index is 14.7. The van der Waals surface area contributed by atoms with E-state index < -0.39 is 152 Å². The van der Waals surface area contributed by atoms with Crippen LogP contribution in [0.15, 0.2) is 30.3 Å². The summed E-state index contributed by atoms with van der Waals surface area (Å²) in [5.74, 6) is -9.45. The van der Waals surface area contributed by atoms with Crippen molar-refractivity contribution in [3.05, 3.63) is 35.9 Å². The van der Waals surface area contributed by atoms with Gasteiger partial charge in [-0.2, -0.15) is 0 Å². The van der Waals surface area contributed by atoms with Crippen molar-refractivity contribution in [2.75, 3.05) is 73.0 Å². The van der Waals surface area contributed by atoms with Crippen molar-refractivity contribution in [1.29, 1.82) is 0 Å². The van der Waals surface area contributed by atoms with Gasteiger partial charge in [-0.3, -0.25) is 57.5 Å². The van der Waals surface area contributed by atoms with Crippen LogP contribution in [0.25, 0.3) is 0 Å². The third-order valence-electron chi connectivity index (χ3n) is 12.1. The number of likely N-dealkylation sites (tertiary alicyclic amines) is 1. The molecule has 0 saturated carbocycles. The minimum Gasteiger partial charge on any atom is -0.354 e. The van der Waals surface area contributed by atoms with Gasteiger partial charge in [-0.05, 0) is 66.4 Å². The molecule has 2 saturated heterocycles. The molecule has 2 aliphatic heterocycles. The van der Waals surface area contributed by atoms with Gasteiger partial charge in [0.1, 0.15) is 29.2 Å². The van der Waals surface area contributed by atoms with Crippen LogP contribution in [0.3, 0.4) is 0 Å². The second kappa shape index (κ2) is 27.1. The fraction of sp³-hybridized carbons (Fsp3) is 0.587. The normalized spacial score (nSPS) is 21.2. The first kappa shape index (κ1) is 58.6. The van der Waals surface area contributed by atoms with Crippen LogP contribution >= 0.6 is 0 Å². The molecule has 14 amide bonds. The summed E-state index contributed by atoms with van der Waals surface area (Å²) in [4.78, 5) is 177. The van der Waals surface area contributed by atoms with Crippen molar-refractivity contribution in [2.24, 2.45) is 0 Å². The fourth-order valence-electron chi connectivity index (χ4n) is 7.41. The molecule has 0 bridgehead atoms. The lowest BCUT2D eigenvalue weighted by atomic mass is 9.94. The Kier molecular flexibility index (Phi) is 22.1. The van der Waals surface area contributed by atoms with E-state index in [2.05, 4.69) is 47.9 Å². The van der Waals surface area contributed by atoms with Crippen molar-refractivity contribution in [3.63, 3.8) is 0 Å².